The summed E-state index contributed by atoms with van der Waals surface area (Å²) in [4.78, 5) is 8.85. The predicted octanol–water partition coefficient (Wildman–Crippen LogP) is 4.50. The van der Waals surface area contributed by atoms with E-state index in [1.165, 1.54) is 0 Å². The Morgan fingerprint density at radius 3 is 2.82 bits per heavy atom. The van der Waals surface area contributed by atoms with E-state index >= 15 is 0 Å². The maximum absolute atomic E-state index is 5.29. The van der Waals surface area contributed by atoms with E-state index < -0.39 is 0 Å². The largest absolute Gasteiger partial charge is 0.467 e. The zero-order valence-corrected chi connectivity index (χ0v) is 13.6. The SMILES string of the molecule is Cc1cc(Nc2cccc(Br)c2)nc(NCc2ccco2)n1. The normalized spacial score (nSPS) is 10.5. The van der Waals surface area contributed by atoms with E-state index in [-0.39, 0.29) is 0 Å². The second kappa shape index (κ2) is 6.62. The van der Waals surface area contributed by atoms with E-state index in [0.717, 1.165) is 27.4 Å². The third-order valence-corrected chi connectivity index (χ3v) is 3.45. The monoisotopic (exact) mass is 358 g/mol. The number of halogens is 1. The number of aromatic nitrogens is 2. The Balaban J connectivity index is 1.74. The minimum Gasteiger partial charge on any atom is -0.467 e. The Labute approximate surface area is 136 Å². The number of hydrogen-bond donors (Lipinski definition) is 2. The van der Waals surface area contributed by atoms with Crippen molar-refractivity contribution in [1.82, 2.24) is 9.97 Å². The van der Waals surface area contributed by atoms with E-state index in [2.05, 4.69) is 36.5 Å². The fraction of sp³-hybridized carbons (Fsp3) is 0.125. The average Bonchev–Trinajstić information content (AvgIpc) is 2.98. The van der Waals surface area contributed by atoms with Crippen molar-refractivity contribution in [2.75, 3.05) is 10.6 Å². The van der Waals surface area contributed by atoms with Crippen molar-refractivity contribution in [3.05, 3.63) is 64.7 Å². The van der Waals surface area contributed by atoms with Crippen molar-refractivity contribution in [2.24, 2.45) is 0 Å². The van der Waals surface area contributed by atoms with Crippen LogP contribution in [0.4, 0.5) is 17.5 Å². The molecule has 0 bridgehead atoms. The van der Waals surface area contributed by atoms with Crippen molar-refractivity contribution < 1.29 is 4.42 Å². The minimum atomic E-state index is 0.548. The molecule has 3 aromatic rings. The smallest absolute Gasteiger partial charge is 0.225 e. The summed E-state index contributed by atoms with van der Waals surface area (Å²) in [5, 5.41) is 6.43. The lowest BCUT2D eigenvalue weighted by atomic mass is 10.3. The van der Waals surface area contributed by atoms with Gasteiger partial charge in [-0.25, -0.2) is 4.98 Å². The van der Waals surface area contributed by atoms with Gasteiger partial charge in [0.15, 0.2) is 0 Å². The van der Waals surface area contributed by atoms with Crippen LogP contribution >= 0.6 is 15.9 Å². The standard InChI is InChI=1S/C16H15BrN4O/c1-11-8-15(20-13-5-2-4-12(17)9-13)21-16(19-11)18-10-14-6-3-7-22-14/h2-9H,10H2,1H3,(H2,18,19,20,21). The molecule has 0 radical (unpaired) electrons. The summed E-state index contributed by atoms with van der Waals surface area (Å²) in [6, 6.07) is 13.6. The molecule has 0 fully saturated rings. The highest BCUT2D eigenvalue weighted by Crippen LogP contribution is 2.20. The number of hydrogen-bond acceptors (Lipinski definition) is 5. The fourth-order valence-corrected chi connectivity index (χ4v) is 2.40. The lowest BCUT2D eigenvalue weighted by Gasteiger charge is -2.09. The second-order valence-electron chi connectivity index (χ2n) is 4.79. The summed E-state index contributed by atoms with van der Waals surface area (Å²) in [7, 11) is 0. The molecule has 0 unspecified atom stereocenters. The van der Waals surface area contributed by atoms with E-state index in [4.69, 9.17) is 4.42 Å². The average molecular weight is 359 g/mol. The van der Waals surface area contributed by atoms with Crippen LogP contribution in [0.15, 0.2) is 57.6 Å². The molecule has 3 rings (SSSR count). The van der Waals surface area contributed by atoms with Gasteiger partial charge in [-0.3, -0.25) is 0 Å². The first-order chi connectivity index (χ1) is 10.7. The molecule has 0 atom stereocenters. The molecule has 2 aromatic heterocycles. The first-order valence-corrected chi connectivity index (χ1v) is 7.63. The lowest BCUT2D eigenvalue weighted by molar-refractivity contribution is 0.517. The van der Waals surface area contributed by atoms with Gasteiger partial charge < -0.3 is 15.1 Å². The van der Waals surface area contributed by atoms with Crippen LogP contribution in [0, 0.1) is 6.92 Å². The highest BCUT2D eigenvalue weighted by Gasteiger charge is 2.04. The maximum Gasteiger partial charge on any atom is 0.225 e. The highest BCUT2D eigenvalue weighted by molar-refractivity contribution is 9.10. The molecule has 2 N–H and O–H groups in total. The van der Waals surface area contributed by atoms with Gasteiger partial charge in [0.05, 0.1) is 12.8 Å². The molecule has 6 heteroatoms. The van der Waals surface area contributed by atoms with Crippen molar-refractivity contribution in [2.45, 2.75) is 13.5 Å². The van der Waals surface area contributed by atoms with Gasteiger partial charge in [-0.15, -0.1) is 0 Å². The van der Waals surface area contributed by atoms with E-state index in [1.807, 2.05) is 49.4 Å². The molecular weight excluding hydrogens is 344 g/mol. The number of rotatable bonds is 5. The lowest BCUT2D eigenvalue weighted by Crippen LogP contribution is -2.05. The van der Waals surface area contributed by atoms with Crippen LogP contribution in [-0.2, 0) is 6.54 Å². The number of nitrogens with zero attached hydrogens (tertiary/aromatic N) is 2. The van der Waals surface area contributed by atoms with Gasteiger partial charge in [0, 0.05) is 21.9 Å². The summed E-state index contributed by atoms with van der Waals surface area (Å²) in [5.74, 6) is 2.15. The molecule has 0 saturated carbocycles. The third kappa shape index (κ3) is 3.85. The molecular formula is C16H15BrN4O. The molecule has 22 heavy (non-hydrogen) atoms. The van der Waals surface area contributed by atoms with Crippen LogP contribution in [0.1, 0.15) is 11.5 Å². The van der Waals surface area contributed by atoms with Crippen molar-refractivity contribution >= 4 is 33.4 Å². The van der Waals surface area contributed by atoms with E-state index in [1.54, 1.807) is 6.26 Å². The van der Waals surface area contributed by atoms with Gasteiger partial charge in [-0.2, -0.15) is 4.98 Å². The number of anilines is 3. The van der Waals surface area contributed by atoms with Gasteiger partial charge >= 0.3 is 0 Å². The van der Waals surface area contributed by atoms with Gasteiger partial charge in [0.25, 0.3) is 0 Å². The molecule has 1 aromatic carbocycles. The van der Waals surface area contributed by atoms with Crippen molar-refractivity contribution in [3.8, 4) is 0 Å². The summed E-state index contributed by atoms with van der Waals surface area (Å²) in [6.07, 6.45) is 1.65. The first-order valence-electron chi connectivity index (χ1n) is 6.83. The van der Waals surface area contributed by atoms with Crippen LogP contribution in [0.25, 0.3) is 0 Å². The Kier molecular flexibility index (Phi) is 4.39. The van der Waals surface area contributed by atoms with Crippen molar-refractivity contribution in [3.63, 3.8) is 0 Å². The Morgan fingerprint density at radius 1 is 1.14 bits per heavy atom. The first kappa shape index (κ1) is 14.6. The van der Waals surface area contributed by atoms with Crippen molar-refractivity contribution in [1.29, 1.82) is 0 Å². The molecule has 0 spiro atoms. The second-order valence-corrected chi connectivity index (χ2v) is 5.70. The zero-order valence-electron chi connectivity index (χ0n) is 12.0. The van der Waals surface area contributed by atoms with Crippen LogP contribution < -0.4 is 10.6 Å². The van der Waals surface area contributed by atoms with Crippen LogP contribution in [0.2, 0.25) is 0 Å². The summed E-state index contributed by atoms with van der Waals surface area (Å²) < 4.78 is 6.30. The third-order valence-electron chi connectivity index (χ3n) is 2.95. The van der Waals surface area contributed by atoms with Gasteiger partial charge in [-0.05, 0) is 37.3 Å². The molecule has 0 saturated heterocycles. The molecule has 0 aliphatic carbocycles. The summed E-state index contributed by atoms with van der Waals surface area (Å²) in [6.45, 7) is 2.48. The minimum absolute atomic E-state index is 0.548. The maximum atomic E-state index is 5.29. The van der Waals surface area contributed by atoms with Gasteiger partial charge in [0.2, 0.25) is 5.95 Å². The number of furan rings is 1. The molecule has 5 nitrogen and oxygen atoms in total. The number of aryl methyl sites for hydroxylation is 1. The summed E-state index contributed by atoms with van der Waals surface area (Å²) >= 11 is 3.46. The molecule has 112 valence electrons. The van der Waals surface area contributed by atoms with E-state index in [9.17, 15) is 0 Å². The highest BCUT2D eigenvalue weighted by atomic mass is 79.9. The number of nitrogens with one attached hydrogen (secondary N) is 2. The van der Waals surface area contributed by atoms with E-state index in [0.29, 0.717) is 12.5 Å². The molecule has 0 aliphatic heterocycles. The quantitative estimate of drug-likeness (QED) is 0.703. The zero-order chi connectivity index (χ0) is 15.4. The van der Waals surface area contributed by atoms with Crippen LogP contribution in [0.5, 0.6) is 0 Å². The Morgan fingerprint density at radius 2 is 2.05 bits per heavy atom. The van der Waals surface area contributed by atoms with Gasteiger partial charge in [-0.1, -0.05) is 22.0 Å². The Bertz CT molecular complexity index is 759. The predicted molar refractivity (Wildman–Crippen MR) is 90.2 cm³/mol. The molecule has 0 amide bonds. The number of benzene rings is 1. The molecule has 2 heterocycles. The van der Waals surface area contributed by atoms with Crippen LogP contribution in [-0.4, -0.2) is 9.97 Å². The van der Waals surface area contributed by atoms with Crippen LogP contribution in [0.3, 0.4) is 0 Å². The Hall–Kier alpha value is -2.34. The van der Waals surface area contributed by atoms with Gasteiger partial charge in [0.1, 0.15) is 11.6 Å². The topological polar surface area (TPSA) is 63.0 Å². The summed E-state index contributed by atoms with van der Waals surface area (Å²) in [5.41, 5.74) is 1.85. The molecule has 0 aliphatic rings. The fourth-order valence-electron chi connectivity index (χ4n) is 2.01.